The van der Waals surface area contributed by atoms with E-state index >= 15 is 0 Å². The topological polar surface area (TPSA) is 67.4 Å². The summed E-state index contributed by atoms with van der Waals surface area (Å²) in [5.41, 5.74) is 0. The summed E-state index contributed by atoms with van der Waals surface area (Å²) < 4.78 is 32.2. The summed E-state index contributed by atoms with van der Waals surface area (Å²) in [6.07, 6.45) is 0. The highest BCUT2D eigenvalue weighted by atomic mass is 79.9. The van der Waals surface area contributed by atoms with E-state index in [0.29, 0.717) is 23.3 Å². The highest BCUT2D eigenvalue weighted by Crippen LogP contribution is 2.26. The van der Waals surface area contributed by atoms with Gasteiger partial charge in [0.05, 0.1) is 12.0 Å². The van der Waals surface area contributed by atoms with E-state index in [1.165, 1.54) is 13.2 Å². The maximum Gasteiger partial charge on any atom is 0.241 e. The Labute approximate surface area is 116 Å². The summed E-state index contributed by atoms with van der Waals surface area (Å²) in [6, 6.07) is 4.83. The number of benzene rings is 1. The zero-order chi connectivity index (χ0) is 13.6. The number of ether oxygens (including phenoxy) is 1. The van der Waals surface area contributed by atoms with Crippen LogP contribution in [0.1, 0.15) is 6.92 Å². The van der Waals surface area contributed by atoms with Gasteiger partial charge in [0.25, 0.3) is 0 Å². The Morgan fingerprint density at radius 2 is 2.06 bits per heavy atom. The molecule has 0 fully saturated rings. The van der Waals surface area contributed by atoms with Crippen molar-refractivity contribution >= 4 is 26.0 Å². The molecule has 0 aliphatic rings. The van der Waals surface area contributed by atoms with Crippen molar-refractivity contribution in [1.82, 2.24) is 10.0 Å². The predicted octanol–water partition coefficient (Wildman–Crippen LogP) is 1.35. The van der Waals surface area contributed by atoms with Crippen LogP contribution in [-0.4, -0.2) is 35.2 Å². The SMILES string of the molecule is CCNCCNS(=O)(=O)c1cc(OC)ccc1Br. The second kappa shape index (κ2) is 7.08. The van der Waals surface area contributed by atoms with Gasteiger partial charge in [0.2, 0.25) is 10.0 Å². The second-order valence-electron chi connectivity index (χ2n) is 3.55. The van der Waals surface area contributed by atoms with Crippen LogP contribution in [0.3, 0.4) is 0 Å². The van der Waals surface area contributed by atoms with Crippen molar-refractivity contribution in [3.05, 3.63) is 22.7 Å². The number of methoxy groups -OCH3 is 1. The molecule has 0 atom stereocenters. The fraction of sp³-hybridized carbons (Fsp3) is 0.455. The highest BCUT2D eigenvalue weighted by molar-refractivity contribution is 9.10. The number of likely N-dealkylation sites (N-methyl/N-ethyl adjacent to an activating group) is 1. The minimum atomic E-state index is -3.52. The van der Waals surface area contributed by atoms with Gasteiger partial charge < -0.3 is 10.1 Å². The smallest absolute Gasteiger partial charge is 0.241 e. The first kappa shape index (κ1) is 15.4. The molecule has 0 spiro atoms. The van der Waals surface area contributed by atoms with E-state index in [1.807, 2.05) is 6.92 Å². The van der Waals surface area contributed by atoms with Crippen molar-refractivity contribution < 1.29 is 13.2 Å². The third kappa shape index (κ3) is 4.24. The van der Waals surface area contributed by atoms with Gasteiger partial charge in [0.15, 0.2) is 0 Å². The largest absolute Gasteiger partial charge is 0.497 e. The van der Waals surface area contributed by atoms with Crippen molar-refractivity contribution in [3.63, 3.8) is 0 Å². The van der Waals surface area contributed by atoms with Gasteiger partial charge in [-0.25, -0.2) is 13.1 Å². The molecule has 0 amide bonds. The maximum atomic E-state index is 12.1. The van der Waals surface area contributed by atoms with Crippen LogP contribution in [0.2, 0.25) is 0 Å². The average molecular weight is 337 g/mol. The van der Waals surface area contributed by atoms with E-state index in [1.54, 1.807) is 12.1 Å². The monoisotopic (exact) mass is 336 g/mol. The van der Waals surface area contributed by atoms with E-state index in [0.717, 1.165) is 6.54 Å². The molecule has 0 bridgehead atoms. The molecule has 0 aliphatic heterocycles. The first-order valence-corrected chi connectivity index (χ1v) is 7.82. The van der Waals surface area contributed by atoms with E-state index in [4.69, 9.17) is 4.74 Å². The number of nitrogens with one attached hydrogen (secondary N) is 2. The molecule has 5 nitrogen and oxygen atoms in total. The summed E-state index contributed by atoms with van der Waals surface area (Å²) in [5.74, 6) is 0.505. The van der Waals surface area contributed by atoms with Gasteiger partial charge in [-0.2, -0.15) is 0 Å². The molecule has 1 aromatic carbocycles. The summed E-state index contributed by atoms with van der Waals surface area (Å²) in [5, 5.41) is 3.05. The van der Waals surface area contributed by atoms with Crippen LogP contribution in [0.15, 0.2) is 27.6 Å². The van der Waals surface area contributed by atoms with Gasteiger partial charge in [-0.1, -0.05) is 6.92 Å². The number of hydrogen-bond acceptors (Lipinski definition) is 4. The molecule has 0 heterocycles. The van der Waals surface area contributed by atoms with Crippen molar-refractivity contribution in [1.29, 1.82) is 0 Å². The summed E-state index contributed by atoms with van der Waals surface area (Å²) >= 11 is 3.23. The van der Waals surface area contributed by atoms with Gasteiger partial charge in [-0.15, -0.1) is 0 Å². The molecule has 7 heteroatoms. The van der Waals surface area contributed by atoms with E-state index in [-0.39, 0.29) is 4.90 Å². The average Bonchev–Trinajstić information content (AvgIpc) is 2.35. The molecular formula is C11H17BrN2O3S. The maximum absolute atomic E-state index is 12.1. The predicted molar refractivity (Wildman–Crippen MR) is 74.4 cm³/mol. The van der Waals surface area contributed by atoms with E-state index in [9.17, 15) is 8.42 Å². The van der Waals surface area contributed by atoms with Crippen molar-refractivity contribution in [2.24, 2.45) is 0 Å². The third-order valence-corrected chi connectivity index (χ3v) is 4.73. The fourth-order valence-electron chi connectivity index (χ4n) is 1.34. The Hall–Kier alpha value is -0.630. The molecule has 0 saturated carbocycles. The van der Waals surface area contributed by atoms with Gasteiger partial charge in [-0.05, 0) is 34.6 Å². The first-order valence-electron chi connectivity index (χ1n) is 5.55. The standard InChI is InChI=1S/C11H17BrN2O3S/c1-3-13-6-7-14-18(15,16)11-8-9(17-2)4-5-10(11)12/h4-5,8,13-14H,3,6-7H2,1-2H3. The first-order chi connectivity index (χ1) is 8.51. The Balaban J connectivity index is 2.83. The molecule has 0 radical (unpaired) electrons. The highest BCUT2D eigenvalue weighted by Gasteiger charge is 2.17. The molecule has 1 aromatic rings. The molecule has 0 unspecified atom stereocenters. The van der Waals surface area contributed by atoms with E-state index in [2.05, 4.69) is 26.0 Å². The Morgan fingerprint density at radius 1 is 1.33 bits per heavy atom. The van der Waals surface area contributed by atoms with Crippen LogP contribution in [0.25, 0.3) is 0 Å². The zero-order valence-electron chi connectivity index (χ0n) is 10.4. The summed E-state index contributed by atoms with van der Waals surface area (Å²) in [6.45, 7) is 3.72. The fourth-order valence-corrected chi connectivity index (χ4v) is 3.35. The number of hydrogen-bond donors (Lipinski definition) is 2. The quantitative estimate of drug-likeness (QED) is 0.737. The third-order valence-electron chi connectivity index (χ3n) is 2.27. The molecule has 0 saturated heterocycles. The van der Waals surface area contributed by atoms with Crippen molar-refractivity contribution in [2.45, 2.75) is 11.8 Å². The second-order valence-corrected chi connectivity index (χ2v) is 6.14. The van der Waals surface area contributed by atoms with Crippen LogP contribution in [0, 0.1) is 0 Å². The summed E-state index contributed by atoms with van der Waals surface area (Å²) in [7, 11) is -2.02. The number of halogens is 1. The van der Waals surface area contributed by atoms with Gasteiger partial charge in [-0.3, -0.25) is 0 Å². The van der Waals surface area contributed by atoms with Crippen molar-refractivity contribution in [2.75, 3.05) is 26.7 Å². The minimum Gasteiger partial charge on any atom is -0.497 e. The van der Waals surface area contributed by atoms with Crippen molar-refractivity contribution in [3.8, 4) is 5.75 Å². The Morgan fingerprint density at radius 3 is 2.67 bits per heavy atom. The Bertz CT molecular complexity index is 491. The zero-order valence-corrected chi connectivity index (χ0v) is 12.8. The van der Waals surface area contributed by atoms with Crippen LogP contribution >= 0.6 is 15.9 Å². The lowest BCUT2D eigenvalue weighted by Crippen LogP contribution is -2.32. The van der Waals surface area contributed by atoms with Crippen LogP contribution in [0.4, 0.5) is 0 Å². The summed E-state index contributed by atoms with van der Waals surface area (Å²) in [4.78, 5) is 0.179. The van der Waals surface area contributed by atoms with Gasteiger partial charge in [0.1, 0.15) is 5.75 Å². The number of rotatable bonds is 7. The molecule has 102 valence electrons. The lowest BCUT2D eigenvalue weighted by molar-refractivity contribution is 0.413. The van der Waals surface area contributed by atoms with Crippen LogP contribution < -0.4 is 14.8 Å². The van der Waals surface area contributed by atoms with E-state index < -0.39 is 10.0 Å². The van der Waals surface area contributed by atoms with Crippen LogP contribution in [-0.2, 0) is 10.0 Å². The molecule has 0 aromatic heterocycles. The molecular weight excluding hydrogens is 320 g/mol. The molecule has 2 N–H and O–H groups in total. The lowest BCUT2D eigenvalue weighted by atomic mass is 10.3. The molecule has 1 rings (SSSR count). The lowest BCUT2D eigenvalue weighted by Gasteiger charge is -2.10. The Kier molecular flexibility index (Phi) is 6.07. The normalized spacial score (nSPS) is 11.5. The molecule has 0 aliphatic carbocycles. The molecule has 18 heavy (non-hydrogen) atoms. The van der Waals surface area contributed by atoms with Crippen LogP contribution in [0.5, 0.6) is 5.75 Å². The van der Waals surface area contributed by atoms with Gasteiger partial charge in [0, 0.05) is 23.6 Å². The minimum absolute atomic E-state index is 0.179. The van der Waals surface area contributed by atoms with Gasteiger partial charge >= 0.3 is 0 Å². The number of sulfonamides is 1.